The molecule has 2 amide bonds. The molecule has 29 heavy (non-hydrogen) atoms. The van der Waals surface area contributed by atoms with Gasteiger partial charge in [0.15, 0.2) is 0 Å². The molecule has 2 aliphatic rings. The van der Waals surface area contributed by atoms with Gasteiger partial charge in [0.25, 0.3) is 5.91 Å². The summed E-state index contributed by atoms with van der Waals surface area (Å²) in [6.07, 6.45) is 2.96. The van der Waals surface area contributed by atoms with Gasteiger partial charge >= 0.3 is 6.09 Å². The molecule has 2 aliphatic heterocycles. The van der Waals surface area contributed by atoms with Crippen molar-refractivity contribution < 1.29 is 14.3 Å². The third kappa shape index (κ3) is 3.91. The van der Waals surface area contributed by atoms with E-state index in [-0.39, 0.29) is 5.91 Å². The van der Waals surface area contributed by atoms with E-state index in [0.29, 0.717) is 37.6 Å². The van der Waals surface area contributed by atoms with E-state index in [4.69, 9.17) is 4.74 Å². The summed E-state index contributed by atoms with van der Waals surface area (Å²) in [6.45, 7) is 7.44. The van der Waals surface area contributed by atoms with Gasteiger partial charge in [-0.1, -0.05) is 0 Å². The van der Waals surface area contributed by atoms with E-state index in [1.54, 1.807) is 18.5 Å². The van der Waals surface area contributed by atoms with Crippen LogP contribution in [0.5, 0.6) is 0 Å². The van der Waals surface area contributed by atoms with Crippen LogP contribution in [-0.4, -0.2) is 66.2 Å². The van der Waals surface area contributed by atoms with Crippen molar-refractivity contribution in [1.82, 2.24) is 14.9 Å². The Labute approximate surface area is 177 Å². The van der Waals surface area contributed by atoms with Gasteiger partial charge in [0, 0.05) is 43.0 Å². The number of ether oxygens (including phenoxy) is 1. The number of piperazine rings is 1. The number of hydrogen-bond donors (Lipinski definition) is 0. The highest BCUT2D eigenvalue weighted by atomic mass is 79.9. The summed E-state index contributed by atoms with van der Waals surface area (Å²) in [4.78, 5) is 39.1. The number of anilines is 2. The summed E-state index contributed by atoms with van der Waals surface area (Å²) >= 11 is 3.44. The molecular weight excluding hydrogens is 438 g/mol. The van der Waals surface area contributed by atoms with Gasteiger partial charge in [-0.05, 0) is 53.0 Å². The van der Waals surface area contributed by atoms with E-state index in [0.717, 1.165) is 34.5 Å². The number of nitrogens with zero attached hydrogens (tertiary/aromatic N) is 5. The van der Waals surface area contributed by atoms with E-state index < -0.39 is 6.09 Å². The summed E-state index contributed by atoms with van der Waals surface area (Å²) < 4.78 is 5.91. The maximum atomic E-state index is 13.0. The summed E-state index contributed by atoms with van der Waals surface area (Å²) in [5.41, 5.74) is 2.47. The quantitative estimate of drug-likeness (QED) is 0.701. The lowest BCUT2D eigenvalue weighted by Crippen LogP contribution is -2.49. The first-order valence-electron chi connectivity index (χ1n) is 9.51. The molecule has 2 fully saturated rings. The molecule has 0 unspecified atom stereocenters. The van der Waals surface area contributed by atoms with Gasteiger partial charge in [-0.25, -0.2) is 14.8 Å². The van der Waals surface area contributed by atoms with Crippen molar-refractivity contribution >= 4 is 39.6 Å². The van der Waals surface area contributed by atoms with Crippen LogP contribution in [-0.2, 0) is 4.74 Å². The van der Waals surface area contributed by atoms with Crippen molar-refractivity contribution in [3.63, 3.8) is 0 Å². The minimum absolute atomic E-state index is 0.0364. The van der Waals surface area contributed by atoms with Gasteiger partial charge in [0.05, 0.1) is 12.1 Å². The zero-order valence-corrected chi connectivity index (χ0v) is 18.0. The number of carbonyl (C=O) groups is 2. The molecule has 0 aliphatic carbocycles. The lowest BCUT2D eigenvalue weighted by molar-refractivity contribution is 0.0745. The molecule has 0 N–H and O–H groups in total. The smallest absolute Gasteiger partial charge is 0.415 e. The Morgan fingerprint density at radius 1 is 1.03 bits per heavy atom. The van der Waals surface area contributed by atoms with Crippen LogP contribution in [0.2, 0.25) is 0 Å². The molecule has 0 saturated carbocycles. The first-order chi connectivity index (χ1) is 13.9. The SMILES string of the molecule is Cc1cc(N2CCOC2=O)ncc1C(=O)N1CCN(c2ncc(Br)cc2C)CC1. The van der Waals surface area contributed by atoms with Crippen LogP contribution in [0, 0.1) is 13.8 Å². The van der Waals surface area contributed by atoms with Crippen molar-refractivity contribution in [3.8, 4) is 0 Å². The molecule has 2 saturated heterocycles. The van der Waals surface area contributed by atoms with E-state index in [2.05, 4.69) is 30.8 Å². The largest absolute Gasteiger partial charge is 0.447 e. The molecular formula is C20H22BrN5O3. The van der Waals surface area contributed by atoms with Crippen LogP contribution < -0.4 is 9.80 Å². The highest BCUT2D eigenvalue weighted by Crippen LogP contribution is 2.24. The highest BCUT2D eigenvalue weighted by Gasteiger charge is 2.28. The van der Waals surface area contributed by atoms with E-state index in [1.165, 1.54) is 4.90 Å². The van der Waals surface area contributed by atoms with E-state index >= 15 is 0 Å². The van der Waals surface area contributed by atoms with Crippen LogP contribution >= 0.6 is 15.9 Å². The minimum atomic E-state index is -0.399. The van der Waals surface area contributed by atoms with Gasteiger partial charge in [-0.15, -0.1) is 0 Å². The number of aryl methyl sites for hydroxylation is 2. The number of halogens is 1. The molecule has 4 rings (SSSR count). The summed E-state index contributed by atoms with van der Waals surface area (Å²) in [6, 6.07) is 3.82. The maximum Gasteiger partial charge on any atom is 0.415 e. The second-order valence-electron chi connectivity index (χ2n) is 7.20. The highest BCUT2D eigenvalue weighted by molar-refractivity contribution is 9.10. The Morgan fingerprint density at radius 3 is 2.41 bits per heavy atom. The molecule has 0 bridgehead atoms. The number of hydrogen-bond acceptors (Lipinski definition) is 6. The third-order valence-corrected chi connectivity index (χ3v) is 5.68. The first-order valence-corrected chi connectivity index (χ1v) is 10.3. The lowest BCUT2D eigenvalue weighted by Gasteiger charge is -2.36. The van der Waals surface area contributed by atoms with Gasteiger partial charge < -0.3 is 14.5 Å². The van der Waals surface area contributed by atoms with E-state index in [1.807, 2.05) is 24.8 Å². The van der Waals surface area contributed by atoms with E-state index in [9.17, 15) is 9.59 Å². The molecule has 0 atom stereocenters. The molecule has 8 nitrogen and oxygen atoms in total. The van der Waals surface area contributed by atoms with Crippen molar-refractivity contribution in [2.75, 3.05) is 49.1 Å². The standard InChI is InChI=1S/C20H22BrN5O3/c1-13-10-17(26-7-8-29-20(26)28)22-12-16(13)19(27)25-5-3-24(4-6-25)18-14(2)9-15(21)11-23-18/h9-12H,3-8H2,1-2H3. The van der Waals surface area contributed by atoms with Crippen LogP contribution in [0.25, 0.3) is 0 Å². The molecule has 9 heteroatoms. The topological polar surface area (TPSA) is 78.9 Å². The summed E-state index contributed by atoms with van der Waals surface area (Å²) in [5.74, 6) is 1.44. The first kappa shape index (κ1) is 19.6. The average molecular weight is 460 g/mol. The van der Waals surface area contributed by atoms with Crippen LogP contribution in [0.4, 0.5) is 16.4 Å². The molecule has 2 aromatic heterocycles. The summed E-state index contributed by atoms with van der Waals surface area (Å²) in [5, 5.41) is 0. The van der Waals surface area contributed by atoms with Gasteiger partial charge in [0.2, 0.25) is 0 Å². The Kier molecular flexibility index (Phi) is 5.40. The zero-order valence-electron chi connectivity index (χ0n) is 16.4. The number of aromatic nitrogens is 2. The van der Waals surface area contributed by atoms with Gasteiger partial charge in [-0.2, -0.15) is 0 Å². The Hall–Kier alpha value is -2.68. The predicted octanol–water partition coefficient (Wildman–Crippen LogP) is 2.77. The molecule has 0 aromatic carbocycles. The fourth-order valence-electron chi connectivity index (χ4n) is 3.67. The monoisotopic (exact) mass is 459 g/mol. The number of pyridine rings is 2. The molecule has 0 radical (unpaired) electrons. The fourth-order valence-corrected chi connectivity index (χ4v) is 4.12. The number of carbonyl (C=O) groups excluding carboxylic acids is 2. The van der Waals surface area contributed by atoms with Crippen molar-refractivity contribution in [3.05, 3.63) is 45.7 Å². The van der Waals surface area contributed by atoms with Gasteiger partial charge in [-0.3, -0.25) is 9.69 Å². The number of cyclic esters (lactones) is 1. The molecule has 0 spiro atoms. The zero-order chi connectivity index (χ0) is 20.5. The minimum Gasteiger partial charge on any atom is -0.447 e. The molecule has 2 aromatic rings. The molecule has 152 valence electrons. The normalized spacial score (nSPS) is 16.9. The Bertz CT molecular complexity index is 959. The lowest BCUT2D eigenvalue weighted by atomic mass is 10.1. The second kappa shape index (κ2) is 7.98. The number of amides is 2. The van der Waals surface area contributed by atoms with Crippen molar-refractivity contribution in [2.24, 2.45) is 0 Å². The third-order valence-electron chi connectivity index (χ3n) is 5.25. The van der Waals surface area contributed by atoms with Crippen LogP contribution in [0.1, 0.15) is 21.5 Å². The average Bonchev–Trinajstić information content (AvgIpc) is 3.13. The van der Waals surface area contributed by atoms with Crippen molar-refractivity contribution in [2.45, 2.75) is 13.8 Å². The van der Waals surface area contributed by atoms with Crippen LogP contribution in [0.15, 0.2) is 29.0 Å². The number of rotatable bonds is 3. The Balaban J connectivity index is 1.43. The van der Waals surface area contributed by atoms with Crippen molar-refractivity contribution in [1.29, 1.82) is 0 Å². The fraction of sp³-hybridized carbons (Fsp3) is 0.400. The van der Waals surface area contributed by atoms with Gasteiger partial charge in [0.1, 0.15) is 18.2 Å². The van der Waals surface area contributed by atoms with Crippen LogP contribution in [0.3, 0.4) is 0 Å². The second-order valence-corrected chi connectivity index (χ2v) is 8.11. The Morgan fingerprint density at radius 2 is 1.79 bits per heavy atom. The maximum absolute atomic E-state index is 13.0. The molecule has 4 heterocycles. The summed E-state index contributed by atoms with van der Waals surface area (Å²) in [7, 11) is 0. The predicted molar refractivity (Wildman–Crippen MR) is 112 cm³/mol.